The number of nitro benzene ring substituents is 1. The Bertz CT molecular complexity index is 759. The molecule has 0 amide bonds. The zero-order valence-electron chi connectivity index (χ0n) is 13.3. The number of hydrogen-bond acceptors (Lipinski definition) is 5. The van der Waals surface area contributed by atoms with Gasteiger partial charge in [-0.15, -0.1) is 0 Å². The van der Waals surface area contributed by atoms with Crippen LogP contribution >= 0.6 is 12.2 Å². The summed E-state index contributed by atoms with van der Waals surface area (Å²) in [6.07, 6.45) is 1.62. The summed E-state index contributed by atoms with van der Waals surface area (Å²) in [5.74, 6) is 0. The van der Waals surface area contributed by atoms with Crippen LogP contribution in [0.3, 0.4) is 0 Å². The summed E-state index contributed by atoms with van der Waals surface area (Å²) in [6.45, 7) is 0. The minimum absolute atomic E-state index is 0.0510. The minimum Gasteiger partial charge on any atom is -0.378 e. The summed E-state index contributed by atoms with van der Waals surface area (Å²) in [4.78, 5) is 12.5. The van der Waals surface area contributed by atoms with Crippen molar-refractivity contribution in [1.82, 2.24) is 5.43 Å². The zero-order valence-corrected chi connectivity index (χ0v) is 14.1. The van der Waals surface area contributed by atoms with Crippen molar-refractivity contribution in [2.24, 2.45) is 5.10 Å². The summed E-state index contributed by atoms with van der Waals surface area (Å²) in [7, 11) is 3.94. The highest BCUT2D eigenvalue weighted by atomic mass is 32.1. The lowest BCUT2D eigenvalue weighted by molar-refractivity contribution is -0.383. The Morgan fingerprint density at radius 3 is 2.50 bits per heavy atom. The van der Waals surface area contributed by atoms with Gasteiger partial charge in [0.05, 0.1) is 11.1 Å². The van der Waals surface area contributed by atoms with E-state index in [0.29, 0.717) is 5.69 Å². The number of hydrazone groups is 1. The molecule has 0 aliphatic carbocycles. The molecule has 0 heterocycles. The topological polar surface area (TPSA) is 82.8 Å². The van der Waals surface area contributed by atoms with Gasteiger partial charge in [0, 0.05) is 25.8 Å². The molecule has 24 heavy (non-hydrogen) atoms. The normalized spacial score (nSPS) is 10.4. The second kappa shape index (κ2) is 8.02. The Labute approximate surface area is 145 Å². The summed E-state index contributed by atoms with van der Waals surface area (Å²) in [5, 5.41) is 17.9. The predicted octanol–water partition coefficient (Wildman–Crippen LogP) is 2.98. The molecule has 0 bridgehead atoms. The van der Waals surface area contributed by atoms with E-state index in [1.807, 2.05) is 43.3 Å². The van der Waals surface area contributed by atoms with E-state index in [9.17, 15) is 10.1 Å². The largest absolute Gasteiger partial charge is 0.378 e. The van der Waals surface area contributed by atoms with Crippen LogP contribution in [-0.4, -0.2) is 30.3 Å². The maximum absolute atomic E-state index is 10.9. The molecule has 0 radical (unpaired) electrons. The van der Waals surface area contributed by atoms with E-state index in [2.05, 4.69) is 15.8 Å². The Morgan fingerprint density at radius 1 is 1.21 bits per heavy atom. The Balaban J connectivity index is 1.95. The van der Waals surface area contributed by atoms with Gasteiger partial charge in [-0.1, -0.05) is 24.3 Å². The standard InChI is InChI=1S/C16H17N5O2S/c1-20(2)13-9-7-12(8-10-13)11-17-19-16(24)18-14-5-3-4-6-15(14)21(22)23/h3-11H,1-2H3,(H2,18,19,24)/b17-11-. The number of hydrogen-bond donors (Lipinski definition) is 2. The molecule has 0 aliphatic heterocycles. The molecule has 2 N–H and O–H groups in total. The Hall–Kier alpha value is -3.00. The van der Waals surface area contributed by atoms with E-state index in [-0.39, 0.29) is 10.8 Å². The molecule has 124 valence electrons. The Kier molecular flexibility index (Phi) is 5.80. The third kappa shape index (κ3) is 4.75. The van der Waals surface area contributed by atoms with Crippen LogP contribution in [0, 0.1) is 10.1 Å². The van der Waals surface area contributed by atoms with Gasteiger partial charge in [0.15, 0.2) is 5.11 Å². The summed E-state index contributed by atoms with van der Waals surface area (Å²) >= 11 is 5.09. The smallest absolute Gasteiger partial charge is 0.292 e. The van der Waals surface area contributed by atoms with Crippen molar-refractivity contribution in [3.05, 3.63) is 64.2 Å². The molecule has 0 saturated carbocycles. The number of rotatable bonds is 5. The highest BCUT2D eigenvalue weighted by Gasteiger charge is 2.12. The second-order valence-corrected chi connectivity index (χ2v) is 5.49. The minimum atomic E-state index is -0.472. The molecule has 8 heteroatoms. The van der Waals surface area contributed by atoms with Gasteiger partial charge in [-0.05, 0) is 36.0 Å². The molecule has 2 aromatic carbocycles. The first-order chi connectivity index (χ1) is 11.5. The van der Waals surface area contributed by atoms with Crippen molar-refractivity contribution in [1.29, 1.82) is 0 Å². The summed E-state index contributed by atoms with van der Waals surface area (Å²) in [5.41, 5.74) is 4.90. The van der Waals surface area contributed by atoms with Gasteiger partial charge < -0.3 is 10.2 Å². The SMILES string of the molecule is CN(C)c1ccc(/C=N\NC(=S)Nc2ccccc2[N+](=O)[O-])cc1. The number of nitrogens with zero attached hydrogens (tertiary/aromatic N) is 3. The third-order valence-corrected chi connectivity index (χ3v) is 3.33. The maximum atomic E-state index is 10.9. The fourth-order valence-corrected chi connectivity index (χ4v) is 2.08. The van der Waals surface area contributed by atoms with Crippen LogP contribution in [0.25, 0.3) is 0 Å². The van der Waals surface area contributed by atoms with Gasteiger partial charge >= 0.3 is 0 Å². The van der Waals surface area contributed by atoms with Crippen LogP contribution in [0.1, 0.15) is 5.56 Å². The first-order valence-electron chi connectivity index (χ1n) is 7.08. The number of nitrogens with one attached hydrogen (secondary N) is 2. The third-order valence-electron chi connectivity index (χ3n) is 3.14. The van der Waals surface area contributed by atoms with Crippen molar-refractivity contribution < 1.29 is 4.92 Å². The van der Waals surface area contributed by atoms with E-state index in [4.69, 9.17) is 12.2 Å². The molecule has 0 saturated heterocycles. The van der Waals surface area contributed by atoms with E-state index >= 15 is 0 Å². The molecule has 2 rings (SSSR count). The van der Waals surface area contributed by atoms with E-state index in [1.54, 1.807) is 24.4 Å². The number of anilines is 2. The number of thiocarbonyl (C=S) groups is 1. The van der Waals surface area contributed by atoms with Gasteiger partial charge in [-0.25, -0.2) is 0 Å². The molecule has 2 aromatic rings. The van der Waals surface area contributed by atoms with Crippen LogP contribution in [0.5, 0.6) is 0 Å². The van der Waals surface area contributed by atoms with E-state index in [0.717, 1.165) is 11.3 Å². The molecule has 0 aromatic heterocycles. The van der Waals surface area contributed by atoms with E-state index < -0.39 is 4.92 Å². The van der Waals surface area contributed by atoms with Crippen molar-refractivity contribution >= 4 is 40.6 Å². The van der Waals surface area contributed by atoms with Crippen molar-refractivity contribution in [2.45, 2.75) is 0 Å². The van der Waals surface area contributed by atoms with Crippen LogP contribution in [0.15, 0.2) is 53.6 Å². The highest BCUT2D eigenvalue weighted by molar-refractivity contribution is 7.80. The lowest BCUT2D eigenvalue weighted by Gasteiger charge is -2.11. The van der Waals surface area contributed by atoms with Crippen molar-refractivity contribution in [2.75, 3.05) is 24.3 Å². The first kappa shape index (κ1) is 17.4. The van der Waals surface area contributed by atoms with Gasteiger partial charge in [0.2, 0.25) is 0 Å². The predicted molar refractivity (Wildman–Crippen MR) is 101 cm³/mol. The molecule has 0 unspecified atom stereocenters. The number of nitro groups is 1. The average molecular weight is 343 g/mol. The van der Waals surface area contributed by atoms with Crippen LogP contribution < -0.4 is 15.6 Å². The lowest BCUT2D eigenvalue weighted by Crippen LogP contribution is -2.24. The fraction of sp³-hybridized carbons (Fsp3) is 0.125. The molecule has 0 fully saturated rings. The quantitative estimate of drug-likeness (QED) is 0.376. The van der Waals surface area contributed by atoms with Crippen molar-refractivity contribution in [3.63, 3.8) is 0 Å². The van der Waals surface area contributed by atoms with Gasteiger partial charge in [0.1, 0.15) is 5.69 Å². The lowest BCUT2D eigenvalue weighted by atomic mass is 10.2. The second-order valence-electron chi connectivity index (χ2n) is 5.08. The fourth-order valence-electron chi connectivity index (χ4n) is 1.91. The number of benzene rings is 2. The van der Waals surface area contributed by atoms with Crippen molar-refractivity contribution in [3.8, 4) is 0 Å². The van der Waals surface area contributed by atoms with Gasteiger partial charge in [-0.2, -0.15) is 5.10 Å². The highest BCUT2D eigenvalue weighted by Crippen LogP contribution is 2.22. The maximum Gasteiger partial charge on any atom is 0.292 e. The molecular weight excluding hydrogens is 326 g/mol. The molecular formula is C16H17N5O2S. The van der Waals surface area contributed by atoms with Gasteiger partial charge in [0.25, 0.3) is 5.69 Å². The molecule has 0 atom stereocenters. The Morgan fingerprint density at radius 2 is 1.88 bits per heavy atom. The van der Waals surface area contributed by atoms with Gasteiger partial charge in [-0.3, -0.25) is 15.5 Å². The number of para-hydroxylation sites is 2. The molecule has 0 spiro atoms. The molecule has 0 aliphatic rings. The first-order valence-corrected chi connectivity index (χ1v) is 7.49. The molecule has 7 nitrogen and oxygen atoms in total. The van der Waals surface area contributed by atoms with Crippen LogP contribution in [-0.2, 0) is 0 Å². The van der Waals surface area contributed by atoms with Crippen LogP contribution in [0.2, 0.25) is 0 Å². The van der Waals surface area contributed by atoms with E-state index in [1.165, 1.54) is 6.07 Å². The monoisotopic (exact) mass is 343 g/mol. The summed E-state index contributed by atoms with van der Waals surface area (Å²) < 4.78 is 0. The van der Waals surface area contributed by atoms with Crippen LogP contribution in [0.4, 0.5) is 17.1 Å². The zero-order chi connectivity index (χ0) is 17.5. The summed E-state index contributed by atoms with van der Waals surface area (Å²) in [6, 6.07) is 14.1. The average Bonchev–Trinajstić information content (AvgIpc) is 2.55.